The number of methoxy groups -OCH3 is 1. The summed E-state index contributed by atoms with van der Waals surface area (Å²) in [5.74, 6) is 0.285. The number of benzene rings is 1. The Kier molecular flexibility index (Phi) is 7.04. The molecule has 2 heterocycles. The molecule has 7 heteroatoms. The summed E-state index contributed by atoms with van der Waals surface area (Å²) in [5.41, 5.74) is 3.13. The average molecular weight is 391 g/mol. The molecule has 0 spiro atoms. The summed E-state index contributed by atoms with van der Waals surface area (Å²) >= 11 is 0. The maximum Gasteiger partial charge on any atom is 0.131 e. The van der Waals surface area contributed by atoms with Crippen LogP contribution < -0.4 is 4.74 Å². The van der Waals surface area contributed by atoms with E-state index in [9.17, 15) is 9.50 Å². The molecule has 6 nitrogen and oxygen atoms in total. The number of hydrogen-bond donors (Lipinski definition) is 1. The fourth-order valence-electron chi connectivity index (χ4n) is 3.93. The van der Waals surface area contributed by atoms with Crippen LogP contribution in [-0.2, 0) is 19.6 Å². The molecule has 28 heavy (non-hydrogen) atoms. The van der Waals surface area contributed by atoms with Gasteiger partial charge in [0.25, 0.3) is 0 Å². The lowest BCUT2D eigenvalue weighted by Crippen LogP contribution is -2.52. The highest BCUT2D eigenvalue weighted by Gasteiger charge is 2.28. The molecule has 1 fully saturated rings. The van der Waals surface area contributed by atoms with Crippen LogP contribution in [0.15, 0.2) is 24.4 Å². The lowest BCUT2D eigenvalue weighted by atomic mass is 10.1. The maximum absolute atomic E-state index is 14.4. The van der Waals surface area contributed by atoms with Gasteiger partial charge in [-0.1, -0.05) is 6.07 Å². The van der Waals surface area contributed by atoms with Crippen molar-refractivity contribution in [3.63, 3.8) is 0 Å². The van der Waals surface area contributed by atoms with Crippen LogP contribution >= 0.6 is 0 Å². The third-order valence-electron chi connectivity index (χ3n) is 5.68. The minimum Gasteiger partial charge on any atom is -0.497 e. The molecule has 1 atom stereocenters. The summed E-state index contributed by atoms with van der Waals surface area (Å²) in [6, 6.07) is 5.21. The van der Waals surface area contributed by atoms with E-state index in [1.165, 1.54) is 24.4 Å². The van der Waals surface area contributed by atoms with Crippen LogP contribution in [0.1, 0.15) is 30.2 Å². The molecule has 154 valence electrons. The van der Waals surface area contributed by atoms with Gasteiger partial charge < -0.3 is 9.84 Å². The van der Waals surface area contributed by atoms with Crippen molar-refractivity contribution in [2.75, 3.05) is 33.4 Å². The Labute approximate surface area is 166 Å². The topological polar surface area (TPSA) is 53.8 Å². The monoisotopic (exact) mass is 390 g/mol. The van der Waals surface area contributed by atoms with Crippen molar-refractivity contribution in [2.45, 2.75) is 45.9 Å². The van der Waals surface area contributed by atoms with Crippen LogP contribution in [0, 0.1) is 12.7 Å². The van der Waals surface area contributed by atoms with Crippen molar-refractivity contribution < 1.29 is 14.2 Å². The summed E-state index contributed by atoms with van der Waals surface area (Å²) in [5, 5.41) is 14.0. The number of aliphatic hydroxyl groups is 1. The average Bonchev–Trinajstić information content (AvgIpc) is 3.05. The van der Waals surface area contributed by atoms with Gasteiger partial charge in [-0.05, 0) is 26.3 Å². The number of hydrogen-bond acceptors (Lipinski definition) is 5. The van der Waals surface area contributed by atoms with Crippen molar-refractivity contribution in [1.82, 2.24) is 19.6 Å². The Bertz CT molecular complexity index is 780. The van der Waals surface area contributed by atoms with Gasteiger partial charge in [0.1, 0.15) is 11.6 Å². The number of aliphatic hydroxyl groups excluding tert-OH is 1. The van der Waals surface area contributed by atoms with Gasteiger partial charge in [-0.2, -0.15) is 5.10 Å². The molecule has 1 saturated heterocycles. The second kappa shape index (κ2) is 9.49. The molecule has 2 aromatic rings. The van der Waals surface area contributed by atoms with E-state index in [1.54, 1.807) is 12.1 Å². The molecular weight excluding hydrogens is 359 g/mol. The fraction of sp³-hybridized carbons (Fsp3) is 0.571. The SMILES string of the molecule is CCn1ncc(CN2CCN(Cc3ccc(OC)cc3F)[C@@H](CCO)C2)c1C. The normalized spacial score (nSPS) is 18.5. The minimum atomic E-state index is -0.243. The van der Waals surface area contributed by atoms with Gasteiger partial charge >= 0.3 is 0 Å². The van der Waals surface area contributed by atoms with Gasteiger partial charge in [0.05, 0.1) is 13.3 Å². The largest absolute Gasteiger partial charge is 0.497 e. The van der Waals surface area contributed by atoms with Gasteiger partial charge in [-0.15, -0.1) is 0 Å². The first-order chi connectivity index (χ1) is 13.5. The summed E-state index contributed by atoms with van der Waals surface area (Å²) in [6.07, 6.45) is 2.64. The Morgan fingerprint density at radius 3 is 2.71 bits per heavy atom. The maximum atomic E-state index is 14.4. The number of aromatic nitrogens is 2. The quantitative estimate of drug-likeness (QED) is 0.750. The molecule has 1 aliphatic rings. The summed E-state index contributed by atoms with van der Waals surface area (Å²) in [6.45, 7) is 9.23. The van der Waals surface area contributed by atoms with Crippen LogP contribution in [-0.4, -0.2) is 64.1 Å². The van der Waals surface area contributed by atoms with Gasteiger partial charge in [0, 0.05) is 74.8 Å². The second-order valence-electron chi connectivity index (χ2n) is 7.40. The fourth-order valence-corrected chi connectivity index (χ4v) is 3.93. The molecule has 0 radical (unpaired) electrons. The molecule has 0 amide bonds. The molecule has 0 bridgehead atoms. The zero-order valence-corrected chi connectivity index (χ0v) is 17.1. The number of nitrogens with zero attached hydrogens (tertiary/aromatic N) is 4. The summed E-state index contributed by atoms with van der Waals surface area (Å²) in [7, 11) is 1.54. The van der Waals surface area contributed by atoms with Crippen LogP contribution in [0.25, 0.3) is 0 Å². The van der Waals surface area contributed by atoms with E-state index < -0.39 is 0 Å². The van der Waals surface area contributed by atoms with Crippen LogP contribution in [0.3, 0.4) is 0 Å². The minimum absolute atomic E-state index is 0.132. The van der Waals surface area contributed by atoms with E-state index in [2.05, 4.69) is 28.7 Å². The van der Waals surface area contributed by atoms with E-state index in [1.807, 2.05) is 10.9 Å². The van der Waals surface area contributed by atoms with E-state index in [0.717, 1.165) is 32.7 Å². The third-order valence-corrected chi connectivity index (χ3v) is 5.68. The second-order valence-corrected chi connectivity index (χ2v) is 7.40. The molecule has 0 saturated carbocycles. The Hall–Kier alpha value is -1.96. The van der Waals surface area contributed by atoms with Crippen molar-refractivity contribution in [2.24, 2.45) is 0 Å². The third kappa shape index (κ3) is 4.71. The molecule has 1 N–H and O–H groups in total. The lowest BCUT2D eigenvalue weighted by Gasteiger charge is -2.41. The Balaban J connectivity index is 1.66. The molecular formula is C21H31FN4O2. The first kappa shape index (κ1) is 20.8. The highest BCUT2D eigenvalue weighted by atomic mass is 19.1. The molecule has 1 aromatic carbocycles. The van der Waals surface area contributed by atoms with Gasteiger partial charge in [0.2, 0.25) is 0 Å². The highest BCUT2D eigenvalue weighted by Crippen LogP contribution is 2.22. The zero-order valence-electron chi connectivity index (χ0n) is 17.1. The lowest BCUT2D eigenvalue weighted by molar-refractivity contribution is 0.0492. The van der Waals surface area contributed by atoms with Crippen molar-refractivity contribution >= 4 is 0 Å². The molecule has 0 aliphatic carbocycles. The smallest absolute Gasteiger partial charge is 0.131 e. The van der Waals surface area contributed by atoms with E-state index >= 15 is 0 Å². The Morgan fingerprint density at radius 1 is 1.25 bits per heavy atom. The number of piperazine rings is 1. The van der Waals surface area contributed by atoms with Crippen molar-refractivity contribution in [1.29, 1.82) is 0 Å². The van der Waals surface area contributed by atoms with E-state index in [-0.39, 0.29) is 18.5 Å². The first-order valence-corrected chi connectivity index (χ1v) is 9.96. The molecule has 0 unspecified atom stereocenters. The predicted octanol–water partition coefficient (Wildman–Crippen LogP) is 2.43. The Morgan fingerprint density at radius 2 is 2.07 bits per heavy atom. The highest BCUT2D eigenvalue weighted by molar-refractivity contribution is 5.29. The van der Waals surface area contributed by atoms with Gasteiger partial charge in [-0.3, -0.25) is 14.5 Å². The number of rotatable bonds is 8. The summed E-state index contributed by atoms with van der Waals surface area (Å²) < 4.78 is 21.5. The molecule has 3 rings (SSSR count). The molecule has 1 aliphatic heterocycles. The van der Waals surface area contributed by atoms with Crippen LogP contribution in [0.2, 0.25) is 0 Å². The van der Waals surface area contributed by atoms with E-state index in [4.69, 9.17) is 4.74 Å². The zero-order chi connectivity index (χ0) is 20.1. The number of ether oxygens (including phenoxy) is 1. The predicted molar refractivity (Wildman–Crippen MR) is 107 cm³/mol. The number of aryl methyl sites for hydroxylation is 1. The van der Waals surface area contributed by atoms with Crippen molar-refractivity contribution in [3.05, 3.63) is 47.0 Å². The van der Waals surface area contributed by atoms with Crippen LogP contribution in [0.4, 0.5) is 4.39 Å². The van der Waals surface area contributed by atoms with Gasteiger partial charge in [0.15, 0.2) is 0 Å². The molecule has 1 aromatic heterocycles. The van der Waals surface area contributed by atoms with Gasteiger partial charge in [-0.25, -0.2) is 4.39 Å². The number of halogens is 1. The van der Waals surface area contributed by atoms with Crippen LogP contribution in [0.5, 0.6) is 5.75 Å². The first-order valence-electron chi connectivity index (χ1n) is 9.96. The standard InChI is InChI=1S/C21H31FN4O2/c1-4-26-16(2)18(12-23-26)13-24-8-9-25(19(15-24)7-10-27)14-17-5-6-20(28-3)11-21(17)22/h5-6,11-12,19,27H,4,7-10,13-15H2,1-3H3/t19-/m0/s1. The summed E-state index contributed by atoms with van der Waals surface area (Å²) in [4.78, 5) is 4.69. The van der Waals surface area contributed by atoms with E-state index in [0.29, 0.717) is 24.3 Å². The van der Waals surface area contributed by atoms with Crippen molar-refractivity contribution in [3.8, 4) is 5.75 Å².